The van der Waals surface area contributed by atoms with Crippen molar-refractivity contribution in [1.29, 1.82) is 0 Å². The highest BCUT2D eigenvalue weighted by Crippen LogP contribution is 2.08. The monoisotopic (exact) mass is 123 g/mol. The molecule has 0 heterocycles. The van der Waals surface area contributed by atoms with Gasteiger partial charge >= 0.3 is 0 Å². The molecule has 1 radical (unpaired) electrons. The van der Waals surface area contributed by atoms with Crippen molar-refractivity contribution >= 4 is 23.2 Å². The standard InChI is InChI=1S/C4H5Cl2/c1-3(5)4(2)6/h3H,1-2H2. The summed E-state index contributed by atoms with van der Waals surface area (Å²) in [4.78, 5) is 0. The molecule has 1 unspecified atom stereocenters. The van der Waals surface area contributed by atoms with Crippen LogP contribution in [-0.2, 0) is 0 Å². The van der Waals surface area contributed by atoms with E-state index in [0.717, 1.165) is 0 Å². The molecular formula is C4H5Cl2. The van der Waals surface area contributed by atoms with Crippen LogP contribution in [-0.4, -0.2) is 5.38 Å². The van der Waals surface area contributed by atoms with Crippen LogP contribution < -0.4 is 0 Å². The number of halogens is 2. The number of alkyl halides is 1. The number of rotatable bonds is 1. The van der Waals surface area contributed by atoms with E-state index in [1.165, 1.54) is 0 Å². The first-order chi connectivity index (χ1) is 2.64. The van der Waals surface area contributed by atoms with E-state index in [-0.39, 0.29) is 5.38 Å². The predicted molar refractivity (Wildman–Crippen MR) is 30.0 cm³/mol. The molecule has 0 rings (SSSR count). The van der Waals surface area contributed by atoms with Gasteiger partial charge < -0.3 is 0 Å². The van der Waals surface area contributed by atoms with Crippen molar-refractivity contribution in [3.63, 3.8) is 0 Å². The van der Waals surface area contributed by atoms with Crippen molar-refractivity contribution < 1.29 is 0 Å². The lowest BCUT2D eigenvalue weighted by Crippen LogP contribution is -1.85. The maximum absolute atomic E-state index is 5.27. The van der Waals surface area contributed by atoms with Crippen LogP contribution in [0.1, 0.15) is 0 Å². The Morgan fingerprint density at radius 3 is 1.83 bits per heavy atom. The first kappa shape index (κ1) is 6.32. The molecule has 6 heavy (non-hydrogen) atoms. The Hall–Kier alpha value is 0.320. The van der Waals surface area contributed by atoms with Crippen molar-refractivity contribution in [3.8, 4) is 0 Å². The Morgan fingerprint density at radius 1 is 1.67 bits per heavy atom. The molecule has 0 aliphatic heterocycles. The smallest absolute Gasteiger partial charge is 0.0686 e. The minimum atomic E-state index is -0.355. The lowest BCUT2D eigenvalue weighted by Gasteiger charge is -1.91. The van der Waals surface area contributed by atoms with Crippen LogP contribution in [0.4, 0.5) is 0 Å². The fraction of sp³-hybridized carbons (Fsp3) is 0.250. The highest BCUT2D eigenvalue weighted by atomic mass is 35.5. The summed E-state index contributed by atoms with van der Waals surface area (Å²) in [6.45, 7) is 6.70. The second kappa shape index (κ2) is 2.49. The Kier molecular flexibility index (Phi) is 2.62. The van der Waals surface area contributed by atoms with E-state index < -0.39 is 0 Å². The van der Waals surface area contributed by atoms with Crippen LogP contribution in [0.25, 0.3) is 0 Å². The van der Waals surface area contributed by atoms with Gasteiger partial charge in [-0.3, -0.25) is 0 Å². The summed E-state index contributed by atoms with van der Waals surface area (Å²) in [7, 11) is 0. The molecule has 0 aliphatic carbocycles. The molecule has 0 aliphatic rings. The summed E-state index contributed by atoms with van der Waals surface area (Å²) >= 11 is 10.5. The minimum Gasteiger partial charge on any atom is -0.117 e. The lowest BCUT2D eigenvalue weighted by molar-refractivity contribution is 1.38. The summed E-state index contributed by atoms with van der Waals surface area (Å²) in [5, 5.41) is 0.0309. The zero-order chi connectivity index (χ0) is 5.15. The Morgan fingerprint density at radius 2 is 1.83 bits per heavy atom. The maximum Gasteiger partial charge on any atom is 0.0686 e. The normalized spacial score (nSPS) is 13.8. The third kappa shape index (κ3) is 2.55. The van der Waals surface area contributed by atoms with Gasteiger partial charge in [-0.1, -0.05) is 18.2 Å². The summed E-state index contributed by atoms with van der Waals surface area (Å²) in [6, 6.07) is 0. The van der Waals surface area contributed by atoms with E-state index in [0.29, 0.717) is 5.03 Å². The van der Waals surface area contributed by atoms with Gasteiger partial charge in [0, 0.05) is 5.03 Å². The maximum atomic E-state index is 5.27. The zero-order valence-corrected chi connectivity index (χ0v) is 4.76. The van der Waals surface area contributed by atoms with Crippen LogP contribution in [0, 0.1) is 6.92 Å². The Bertz CT molecular complexity index is 56.6. The van der Waals surface area contributed by atoms with Gasteiger partial charge in [0.05, 0.1) is 5.38 Å². The molecule has 0 saturated carbocycles. The Labute approximate surface area is 47.8 Å². The third-order valence-electron chi connectivity index (χ3n) is 0.340. The SMILES string of the molecule is [CH2]C(Cl)C(=C)Cl. The van der Waals surface area contributed by atoms with Gasteiger partial charge in [0.15, 0.2) is 0 Å². The first-order valence-corrected chi connectivity index (χ1v) is 2.27. The molecule has 0 saturated heterocycles. The van der Waals surface area contributed by atoms with Crippen molar-refractivity contribution in [1.82, 2.24) is 0 Å². The van der Waals surface area contributed by atoms with Gasteiger partial charge in [0.25, 0.3) is 0 Å². The van der Waals surface area contributed by atoms with Crippen molar-refractivity contribution in [2.24, 2.45) is 0 Å². The average molecular weight is 124 g/mol. The predicted octanol–water partition coefficient (Wildman–Crippen LogP) is 2.18. The summed E-state index contributed by atoms with van der Waals surface area (Å²) in [6.07, 6.45) is 0. The van der Waals surface area contributed by atoms with Crippen LogP contribution in [0.3, 0.4) is 0 Å². The first-order valence-electron chi connectivity index (χ1n) is 1.46. The number of hydrogen-bond acceptors (Lipinski definition) is 0. The molecule has 0 bridgehead atoms. The number of allylic oxidation sites excluding steroid dienone is 1. The van der Waals surface area contributed by atoms with Gasteiger partial charge in [-0.15, -0.1) is 11.6 Å². The molecule has 0 fully saturated rings. The van der Waals surface area contributed by atoms with Gasteiger partial charge in [-0.2, -0.15) is 0 Å². The van der Waals surface area contributed by atoms with Crippen LogP contribution in [0.5, 0.6) is 0 Å². The fourth-order valence-electron chi connectivity index (χ4n) is 0. The molecule has 0 aromatic rings. The molecule has 1 atom stereocenters. The molecular weight excluding hydrogens is 119 g/mol. The highest BCUT2D eigenvalue weighted by Gasteiger charge is 1.93. The van der Waals surface area contributed by atoms with E-state index in [2.05, 4.69) is 13.5 Å². The van der Waals surface area contributed by atoms with E-state index in [1.807, 2.05) is 0 Å². The lowest BCUT2D eigenvalue weighted by atomic mass is 10.5. The van der Waals surface area contributed by atoms with Crippen LogP contribution in [0.2, 0.25) is 0 Å². The second-order valence-corrected chi connectivity index (χ2v) is 1.93. The van der Waals surface area contributed by atoms with Gasteiger partial charge in [0.1, 0.15) is 0 Å². The highest BCUT2D eigenvalue weighted by molar-refractivity contribution is 6.37. The molecule has 0 amide bonds. The number of hydrogen-bond donors (Lipinski definition) is 0. The molecule has 0 aromatic carbocycles. The minimum absolute atomic E-state index is 0.355. The van der Waals surface area contributed by atoms with Crippen molar-refractivity contribution in [3.05, 3.63) is 18.5 Å². The summed E-state index contributed by atoms with van der Waals surface area (Å²) in [5.41, 5.74) is 0. The van der Waals surface area contributed by atoms with Crippen LogP contribution in [0.15, 0.2) is 11.6 Å². The van der Waals surface area contributed by atoms with Crippen molar-refractivity contribution in [2.45, 2.75) is 5.38 Å². The Balaban J connectivity index is 3.26. The van der Waals surface area contributed by atoms with Gasteiger partial charge in [0.2, 0.25) is 0 Å². The van der Waals surface area contributed by atoms with Gasteiger partial charge in [-0.05, 0) is 6.92 Å². The molecule has 2 heteroatoms. The second-order valence-electron chi connectivity index (χ2n) is 0.914. The molecule has 35 valence electrons. The topological polar surface area (TPSA) is 0 Å². The van der Waals surface area contributed by atoms with Crippen LogP contribution >= 0.6 is 23.2 Å². The van der Waals surface area contributed by atoms with Gasteiger partial charge in [-0.25, -0.2) is 0 Å². The average Bonchev–Trinajstić information content (AvgIpc) is 1.36. The van der Waals surface area contributed by atoms with E-state index in [9.17, 15) is 0 Å². The summed E-state index contributed by atoms with van der Waals surface area (Å²) < 4.78 is 0. The fourth-order valence-corrected chi connectivity index (χ4v) is 0. The molecule has 0 N–H and O–H groups in total. The quantitative estimate of drug-likeness (QED) is 0.470. The largest absolute Gasteiger partial charge is 0.117 e. The molecule has 0 spiro atoms. The van der Waals surface area contributed by atoms with E-state index in [1.54, 1.807) is 0 Å². The summed E-state index contributed by atoms with van der Waals surface area (Å²) in [5.74, 6) is 0. The van der Waals surface area contributed by atoms with E-state index >= 15 is 0 Å². The van der Waals surface area contributed by atoms with Crippen molar-refractivity contribution in [2.75, 3.05) is 0 Å². The van der Waals surface area contributed by atoms with E-state index in [4.69, 9.17) is 23.2 Å². The zero-order valence-electron chi connectivity index (χ0n) is 3.25. The molecule has 0 aromatic heterocycles. The third-order valence-corrected chi connectivity index (χ3v) is 0.978. The molecule has 0 nitrogen and oxygen atoms in total.